The van der Waals surface area contributed by atoms with Gasteiger partial charge in [-0.2, -0.15) is 0 Å². The number of nitrogens with zero attached hydrogens (tertiary/aromatic N) is 1. The number of ether oxygens (including phenoxy) is 3. The summed E-state index contributed by atoms with van der Waals surface area (Å²) in [7, 11) is 3.20. The number of urea groups is 1. The fourth-order valence-corrected chi connectivity index (χ4v) is 2.76. The van der Waals surface area contributed by atoms with Gasteiger partial charge in [0.1, 0.15) is 12.2 Å². The van der Waals surface area contributed by atoms with E-state index in [1.54, 1.807) is 37.3 Å². The number of allylic oxidation sites excluding steroid dienone is 3. The molecule has 41 heavy (non-hydrogen) atoms. The average Bonchev–Trinajstić information content (AvgIpc) is 3.00. The van der Waals surface area contributed by atoms with Crippen LogP contribution in [0.5, 0.6) is 0 Å². The Morgan fingerprint density at radius 3 is 2.00 bits per heavy atom. The Morgan fingerprint density at radius 2 is 1.56 bits per heavy atom. The van der Waals surface area contributed by atoms with Crippen molar-refractivity contribution in [1.29, 1.82) is 0 Å². The molecule has 7 nitrogen and oxygen atoms in total. The average molecular weight is 581 g/mol. The highest BCUT2D eigenvalue weighted by Gasteiger charge is 2.16. The van der Waals surface area contributed by atoms with Crippen LogP contribution in [0.1, 0.15) is 93.9 Å². The zero-order valence-electron chi connectivity index (χ0n) is 28.2. The number of amides is 2. The van der Waals surface area contributed by atoms with Gasteiger partial charge in [0.05, 0.1) is 13.4 Å². The summed E-state index contributed by atoms with van der Waals surface area (Å²) >= 11 is 0. The second-order valence-electron chi connectivity index (χ2n) is 8.76. The number of ketones is 1. The summed E-state index contributed by atoms with van der Waals surface area (Å²) in [6, 6.07) is -0.124. The molecule has 0 aromatic rings. The highest BCUT2D eigenvalue weighted by Crippen LogP contribution is 2.08. The van der Waals surface area contributed by atoms with Crippen molar-refractivity contribution in [2.75, 3.05) is 40.5 Å². The first-order valence-electron chi connectivity index (χ1n) is 15.2. The minimum absolute atomic E-state index is 0.0859. The Morgan fingerprint density at radius 1 is 0.951 bits per heavy atom. The molecule has 2 unspecified atom stereocenters. The van der Waals surface area contributed by atoms with Gasteiger partial charge in [0.15, 0.2) is 5.78 Å². The Labute approximate surface area is 253 Å². The van der Waals surface area contributed by atoms with E-state index in [0.717, 1.165) is 24.8 Å². The molecule has 0 fully saturated rings. The molecular formula is C34H64N2O5. The lowest BCUT2D eigenvalue weighted by Crippen LogP contribution is -2.41. The van der Waals surface area contributed by atoms with E-state index in [0.29, 0.717) is 32.7 Å². The largest absolute Gasteiger partial charge is 0.505 e. The Bertz CT molecular complexity index is 699. The molecule has 7 heteroatoms. The molecule has 0 aliphatic carbocycles. The smallest absolute Gasteiger partial charge is 0.317 e. The van der Waals surface area contributed by atoms with Crippen LogP contribution in [0.25, 0.3) is 0 Å². The third-order valence-corrected chi connectivity index (χ3v) is 5.23. The quantitative estimate of drug-likeness (QED) is 0.0545. The van der Waals surface area contributed by atoms with E-state index in [2.05, 4.69) is 44.0 Å². The molecular weight excluding hydrogens is 516 g/mol. The monoisotopic (exact) mass is 580 g/mol. The van der Waals surface area contributed by atoms with Crippen molar-refractivity contribution in [3.63, 3.8) is 0 Å². The maximum atomic E-state index is 12.6. The highest BCUT2D eigenvalue weighted by molar-refractivity contribution is 5.89. The van der Waals surface area contributed by atoms with Crippen molar-refractivity contribution >= 4 is 11.8 Å². The standard InChI is InChI=1S/C25H42N2O4.C4H10.C3H6O.C2H6/c1-7-11-19-31-23(10-4)24(30-6)16-13-17-26-25(29)27(18-8-2)20-21(5)14-12-15-22(28)9-3;2*1-3-4-2;1-2/h10,12-16,23-24H,4,7-9,11,17-20H2,1-3,5-6H3,(H,26,29);3-4H2,1-2H3;3H,1H2,2H3;1-2H3/b15-12+,16-13-,21-14+;;;. The van der Waals surface area contributed by atoms with Gasteiger partial charge in [-0.3, -0.25) is 4.79 Å². The second-order valence-corrected chi connectivity index (χ2v) is 8.76. The van der Waals surface area contributed by atoms with Crippen LogP contribution < -0.4 is 5.32 Å². The molecule has 2 atom stereocenters. The van der Waals surface area contributed by atoms with Gasteiger partial charge in [-0.25, -0.2) is 4.79 Å². The van der Waals surface area contributed by atoms with E-state index in [1.165, 1.54) is 19.1 Å². The third kappa shape index (κ3) is 31.7. The van der Waals surface area contributed by atoms with Crippen LogP contribution in [-0.2, 0) is 19.0 Å². The van der Waals surface area contributed by atoms with Crippen molar-refractivity contribution in [1.82, 2.24) is 10.2 Å². The lowest BCUT2D eigenvalue weighted by atomic mass is 10.2. The van der Waals surface area contributed by atoms with Crippen LogP contribution in [0, 0.1) is 0 Å². The zero-order chi connectivity index (χ0) is 32.3. The van der Waals surface area contributed by atoms with E-state index in [9.17, 15) is 9.59 Å². The fourth-order valence-electron chi connectivity index (χ4n) is 2.76. The molecule has 0 radical (unpaired) electrons. The van der Waals surface area contributed by atoms with E-state index in [-0.39, 0.29) is 24.0 Å². The molecule has 0 rings (SSSR count). The van der Waals surface area contributed by atoms with Gasteiger partial charge in [-0.05, 0) is 25.8 Å². The van der Waals surface area contributed by atoms with Gasteiger partial charge in [0, 0.05) is 39.8 Å². The molecule has 240 valence electrons. The summed E-state index contributed by atoms with van der Waals surface area (Å²) < 4.78 is 15.6. The Hall–Kier alpha value is -2.64. The number of unbranched alkanes of at least 4 members (excludes halogenated alkanes) is 2. The number of methoxy groups -OCH3 is 2. The summed E-state index contributed by atoms with van der Waals surface area (Å²) in [5.74, 6) is 0.0859. The highest BCUT2D eigenvalue weighted by atomic mass is 16.5. The molecule has 1 N–H and O–H groups in total. The Kier molecular flexibility index (Phi) is 41.3. The lowest BCUT2D eigenvalue weighted by molar-refractivity contribution is -0.114. The number of carbonyl (C=O) groups is 2. The Balaban J connectivity index is -0.000000590. The zero-order valence-corrected chi connectivity index (χ0v) is 28.2. The molecule has 2 amide bonds. The molecule has 0 saturated heterocycles. The summed E-state index contributed by atoms with van der Waals surface area (Å²) in [6.45, 7) is 25.6. The molecule has 0 bridgehead atoms. The molecule has 0 aliphatic rings. The second kappa shape index (κ2) is 37.4. The van der Waals surface area contributed by atoms with E-state index >= 15 is 0 Å². The minimum Gasteiger partial charge on any atom is -0.505 e. The normalized spacial score (nSPS) is 12.0. The summed E-state index contributed by atoms with van der Waals surface area (Å²) in [6.07, 6.45) is 17.6. The first kappa shape index (κ1) is 45.4. The molecule has 0 aromatic carbocycles. The van der Waals surface area contributed by atoms with Crippen LogP contribution >= 0.6 is 0 Å². The predicted octanol–water partition coefficient (Wildman–Crippen LogP) is 8.44. The lowest BCUT2D eigenvalue weighted by Gasteiger charge is -2.23. The van der Waals surface area contributed by atoms with E-state index in [4.69, 9.17) is 9.47 Å². The van der Waals surface area contributed by atoms with Crippen molar-refractivity contribution in [3.8, 4) is 0 Å². The minimum atomic E-state index is -0.249. The first-order chi connectivity index (χ1) is 19.8. The maximum absolute atomic E-state index is 12.6. The van der Waals surface area contributed by atoms with E-state index in [1.807, 2.05) is 52.8 Å². The van der Waals surface area contributed by atoms with Crippen molar-refractivity contribution in [2.24, 2.45) is 0 Å². The van der Waals surface area contributed by atoms with Crippen molar-refractivity contribution in [2.45, 2.75) is 106 Å². The van der Waals surface area contributed by atoms with Crippen LogP contribution in [0.4, 0.5) is 4.79 Å². The number of hydrogen-bond acceptors (Lipinski definition) is 5. The molecule has 0 aliphatic heterocycles. The SMILES string of the molecule is C=CC(OCCCC)C(/C=C\CNC(=O)N(CCC)C/C(C)=C/C=C/C(=O)CC)OC.C=COC.CC.CCCC. The summed E-state index contributed by atoms with van der Waals surface area (Å²) in [5, 5.41) is 2.92. The van der Waals surface area contributed by atoms with E-state index < -0.39 is 0 Å². The number of nitrogens with one attached hydrogen (secondary N) is 1. The molecule has 0 heterocycles. The van der Waals surface area contributed by atoms with Gasteiger partial charge >= 0.3 is 6.03 Å². The van der Waals surface area contributed by atoms with Gasteiger partial charge in [0.25, 0.3) is 0 Å². The van der Waals surface area contributed by atoms with Crippen LogP contribution in [0.15, 0.2) is 61.4 Å². The van der Waals surface area contributed by atoms with Crippen LogP contribution in [0.2, 0.25) is 0 Å². The molecule has 0 saturated carbocycles. The molecule has 0 aromatic heterocycles. The van der Waals surface area contributed by atoms with Crippen LogP contribution in [0.3, 0.4) is 0 Å². The number of rotatable bonds is 19. The predicted molar refractivity (Wildman–Crippen MR) is 177 cm³/mol. The van der Waals surface area contributed by atoms with Crippen LogP contribution in [-0.4, -0.2) is 69.4 Å². The topological polar surface area (TPSA) is 77.1 Å². The van der Waals surface area contributed by atoms with Crippen molar-refractivity contribution in [3.05, 3.63) is 61.4 Å². The van der Waals surface area contributed by atoms with Gasteiger partial charge in [0.2, 0.25) is 0 Å². The summed E-state index contributed by atoms with van der Waals surface area (Å²) in [4.78, 5) is 25.7. The summed E-state index contributed by atoms with van der Waals surface area (Å²) in [5.41, 5.74) is 1.01. The maximum Gasteiger partial charge on any atom is 0.317 e. The van der Waals surface area contributed by atoms with Gasteiger partial charge in [-0.15, -0.1) is 6.58 Å². The van der Waals surface area contributed by atoms with Gasteiger partial charge in [-0.1, -0.05) is 110 Å². The van der Waals surface area contributed by atoms with Gasteiger partial charge < -0.3 is 24.4 Å². The fraction of sp³-hybridized carbons (Fsp3) is 0.647. The number of hydrogen-bond donors (Lipinski definition) is 1. The number of carbonyl (C=O) groups excluding carboxylic acids is 2. The third-order valence-electron chi connectivity index (χ3n) is 5.23. The van der Waals surface area contributed by atoms with Crippen molar-refractivity contribution < 1.29 is 23.8 Å². The first-order valence-corrected chi connectivity index (χ1v) is 15.2. The molecule has 0 spiro atoms.